The van der Waals surface area contributed by atoms with Crippen molar-refractivity contribution < 1.29 is 0 Å². The first-order chi connectivity index (χ1) is 7.75. The molecule has 2 rings (SSSR count). The third-order valence-electron chi connectivity index (χ3n) is 2.14. The molecule has 0 atom stereocenters. The van der Waals surface area contributed by atoms with E-state index in [9.17, 15) is 0 Å². The first-order valence-corrected chi connectivity index (χ1v) is 6.08. The molecule has 2 aromatic rings. The number of rotatable bonds is 2. The second-order valence-corrected chi connectivity index (χ2v) is 4.65. The molecule has 0 radical (unpaired) electrons. The van der Waals surface area contributed by atoms with Crippen LogP contribution in [-0.4, -0.2) is 4.99 Å². The zero-order valence-corrected chi connectivity index (χ0v) is 10.9. The van der Waals surface area contributed by atoms with Crippen LogP contribution >= 0.6 is 28.1 Å². The lowest BCUT2D eigenvalue weighted by molar-refractivity contribution is 1.59. The second kappa shape index (κ2) is 5.23. The van der Waals surface area contributed by atoms with E-state index in [1.807, 2.05) is 54.6 Å². The third kappa shape index (κ3) is 2.90. The van der Waals surface area contributed by atoms with Crippen LogP contribution in [-0.2, 0) is 0 Å². The molecule has 0 bridgehead atoms. The van der Waals surface area contributed by atoms with Crippen molar-refractivity contribution in [3.05, 3.63) is 64.6 Å². The van der Waals surface area contributed by atoms with Crippen LogP contribution in [0.3, 0.4) is 0 Å². The third-order valence-corrected chi connectivity index (χ3v) is 3.00. The Morgan fingerprint density at radius 1 is 0.938 bits per heavy atom. The van der Waals surface area contributed by atoms with Gasteiger partial charge in [-0.2, -0.15) is 0 Å². The van der Waals surface area contributed by atoms with Gasteiger partial charge >= 0.3 is 0 Å². The SMILES string of the molecule is S=C(Nc1ccc(Br)cc1)c1ccccc1. The molecule has 0 saturated carbocycles. The van der Waals surface area contributed by atoms with Gasteiger partial charge in [0, 0.05) is 15.7 Å². The van der Waals surface area contributed by atoms with Crippen molar-refractivity contribution >= 4 is 38.8 Å². The molecule has 1 N–H and O–H groups in total. The summed E-state index contributed by atoms with van der Waals surface area (Å²) >= 11 is 8.71. The van der Waals surface area contributed by atoms with Crippen molar-refractivity contribution in [2.75, 3.05) is 5.32 Å². The van der Waals surface area contributed by atoms with Crippen molar-refractivity contribution in [1.29, 1.82) is 0 Å². The lowest BCUT2D eigenvalue weighted by Gasteiger charge is -2.07. The van der Waals surface area contributed by atoms with Crippen molar-refractivity contribution in [3.63, 3.8) is 0 Å². The van der Waals surface area contributed by atoms with E-state index in [4.69, 9.17) is 12.2 Å². The van der Waals surface area contributed by atoms with Gasteiger partial charge in [-0.05, 0) is 24.3 Å². The molecular formula is C13H10BrNS. The highest BCUT2D eigenvalue weighted by Crippen LogP contribution is 2.15. The molecule has 3 heteroatoms. The monoisotopic (exact) mass is 291 g/mol. The average Bonchev–Trinajstić information content (AvgIpc) is 2.33. The summed E-state index contributed by atoms with van der Waals surface area (Å²) in [4.78, 5) is 0.739. The molecule has 0 unspecified atom stereocenters. The maximum atomic E-state index is 5.31. The molecule has 0 heterocycles. The number of anilines is 1. The first-order valence-electron chi connectivity index (χ1n) is 4.88. The van der Waals surface area contributed by atoms with Gasteiger partial charge in [0.2, 0.25) is 0 Å². The molecule has 0 aromatic heterocycles. The summed E-state index contributed by atoms with van der Waals surface area (Å²) in [5.41, 5.74) is 2.03. The van der Waals surface area contributed by atoms with Crippen molar-refractivity contribution in [2.24, 2.45) is 0 Å². The van der Waals surface area contributed by atoms with Crippen LogP contribution in [0.1, 0.15) is 5.56 Å². The lowest BCUT2D eigenvalue weighted by Crippen LogP contribution is -2.09. The van der Waals surface area contributed by atoms with Crippen LogP contribution in [0.4, 0.5) is 5.69 Å². The Balaban J connectivity index is 2.11. The van der Waals surface area contributed by atoms with E-state index in [1.54, 1.807) is 0 Å². The van der Waals surface area contributed by atoms with E-state index in [-0.39, 0.29) is 0 Å². The molecule has 0 aliphatic carbocycles. The minimum atomic E-state index is 0.739. The van der Waals surface area contributed by atoms with Crippen LogP contribution < -0.4 is 5.32 Å². The summed E-state index contributed by atoms with van der Waals surface area (Å²) < 4.78 is 1.06. The molecule has 16 heavy (non-hydrogen) atoms. The van der Waals surface area contributed by atoms with Gasteiger partial charge in [0.25, 0.3) is 0 Å². The summed E-state index contributed by atoms with van der Waals surface area (Å²) in [6.07, 6.45) is 0. The Kier molecular flexibility index (Phi) is 3.70. The standard InChI is InChI=1S/C13H10BrNS/c14-11-6-8-12(9-7-11)15-13(16)10-4-2-1-3-5-10/h1-9H,(H,15,16). The summed E-state index contributed by atoms with van der Waals surface area (Å²) in [6.45, 7) is 0. The number of nitrogens with one attached hydrogen (secondary N) is 1. The van der Waals surface area contributed by atoms with E-state index in [2.05, 4.69) is 21.2 Å². The second-order valence-electron chi connectivity index (χ2n) is 3.33. The van der Waals surface area contributed by atoms with E-state index < -0.39 is 0 Å². The Morgan fingerprint density at radius 2 is 1.56 bits per heavy atom. The van der Waals surface area contributed by atoms with E-state index in [1.165, 1.54) is 0 Å². The number of hydrogen-bond acceptors (Lipinski definition) is 1. The van der Waals surface area contributed by atoms with Gasteiger partial charge in [-0.25, -0.2) is 0 Å². The van der Waals surface area contributed by atoms with Gasteiger partial charge in [-0.1, -0.05) is 58.5 Å². The number of thiocarbonyl (C=S) groups is 1. The van der Waals surface area contributed by atoms with Crippen molar-refractivity contribution in [3.8, 4) is 0 Å². The van der Waals surface area contributed by atoms with Crippen LogP contribution in [0.15, 0.2) is 59.1 Å². The lowest BCUT2D eigenvalue weighted by atomic mass is 10.2. The Labute approximate surface area is 109 Å². The van der Waals surface area contributed by atoms with Gasteiger partial charge in [0.1, 0.15) is 4.99 Å². The molecular weight excluding hydrogens is 282 g/mol. The Morgan fingerprint density at radius 3 is 2.19 bits per heavy atom. The highest BCUT2D eigenvalue weighted by Gasteiger charge is 2.00. The molecule has 80 valence electrons. The Hall–Kier alpha value is -1.19. The normalized spacial score (nSPS) is 9.81. The predicted octanol–water partition coefficient (Wildman–Crippen LogP) is 4.24. The molecule has 0 saturated heterocycles. The fraction of sp³-hybridized carbons (Fsp3) is 0. The van der Waals surface area contributed by atoms with E-state index in [0.29, 0.717) is 0 Å². The largest absolute Gasteiger partial charge is 0.346 e. The molecule has 0 amide bonds. The fourth-order valence-electron chi connectivity index (χ4n) is 1.33. The summed E-state index contributed by atoms with van der Waals surface area (Å²) in [7, 11) is 0. The fourth-order valence-corrected chi connectivity index (χ4v) is 1.84. The predicted molar refractivity (Wildman–Crippen MR) is 75.9 cm³/mol. The number of halogens is 1. The van der Waals surface area contributed by atoms with Gasteiger partial charge in [0.15, 0.2) is 0 Å². The summed E-state index contributed by atoms with van der Waals surface area (Å²) in [5.74, 6) is 0. The molecule has 0 aliphatic heterocycles. The number of benzene rings is 2. The van der Waals surface area contributed by atoms with Crippen LogP contribution in [0.25, 0.3) is 0 Å². The van der Waals surface area contributed by atoms with E-state index >= 15 is 0 Å². The minimum Gasteiger partial charge on any atom is -0.346 e. The number of hydrogen-bond donors (Lipinski definition) is 1. The van der Waals surface area contributed by atoms with Crippen LogP contribution in [0, 0.1) is 0 Å². The quantitative estimate of drug-likeness (QED) is 0.831. The minimum absolute atomic E-state index is 0.739. The van der Waals surface area contributed by atoms with Crippen molar-refractivity contribution in [2.45, 2.75) is 0 Å². The van der Waals surface area contributed by atoms with Gasteiger partial charge < -0.3 is 5.32 Å². The van der Waals surface area contributed by atoms with Crippen LogP contribution in [0.5, 0.6) is 0 Å². The maximum absolute atomic E-state index is 5.31. The first kappa shape index (κ1) is 11.3. The smallest absolute Gasteiger partial charge is 0.110 e. The molecule has 0 spiro atoms. The molecule has 0 fully saturated rings. The van der Waals surface area contributed by atoms with Gasteiger partial charge in [0.05, 0.1) is 0 Å². The molecule has 0 aliphatic rings. The topological polar surface area (TPSA) is 12.0 Å². The maximum Gasteiger partial charge on any atom is 0.110 e. The zero-order chi connectivity index (χ0) is 11.4. The van der Waals surface area contributed by atoms with E-state index in [0.717, 1.165) is 20.7 Å². The van der Waals surface area contributed by atoms with Gasteiger partial charge in [-0.3, -0.25) is 0 Å². The summed E-state index contributed by atoms with van der Waals surface area (Å²) in [6, 6.07) is 17.9. The Bertz CT molecular complexity index is 479. The average molecular weight is 292 g/mol. The zero-order valence-electron chi connectivity index (χ0n) is 8.48. The molecule has 1 nitrogen and oxygen atoms in total. The highest BCUT2D eigenvalue weighted by molar-refractivity contribution is 9.10. The van der Waals surface area contributed by atoms with Crippen LogP contribution in [0.2, 0.25) is 0 Å². The summed E-state index contributed by atoms with van der Waals surface area (Å²) in [5, 5.41) is 3.20. The molecule has 2 aromatic carbocycles. The van der Waals surface area contributed by atoms with Gasteiger partial charge in [-0.15, -0.1) is 0 Å². The highest BCUT2D eigenvalue weighted by atomic mass is 79.9. The van der Waals surface area contributed by atoms with Crippen molar-refractivity contribution in [1.82, 2.24) is 0 Å².